The predicted octanol–water partition coefficient (Wildman–Crippen LogP) is 4.02. The van der Waals surface area contributed by atoms with Gasteiger partial charge in [0.05, 0.1) is 11.4 Å². The zero-order valence-corrected chi connectivity index (χ0v) is 18.5. The second kappa shape index (κ2) is 10.9. The van der Waals surface area contributed by atoms with Gasteiger partial charge in [0.25, 0.3) is 0 Å². The average Bonchev–Trinajstić information content (AvgIpc) is 2.79. The Morgan fingerprint density at radius 1 is 0.839 bits per heavy atom. The fourth-order valence-corrected chi connectivity index (χ4v) is 4.74. The van der Waals surface area contributed by atoms with E-state index in [2.05, 4.69) is 17.4 Å². The highest BCUT2D eigenvalue weighted by atomic mass is 32.2. The summed E-state index contributed by atoms with van der Waals surface area (Å²) in [5.74, 6) is -0.309. The highest BCUT2D eigenvalue weighted by Crippen LogP contribution is 2.18. The van der Waals surface area contributed by atoms with E-state index >= 15 is 0 Å². The fourth-order valence-electron chi connectivity index (χ4n) is 3.34. The first-order valence-corrected chi connectivity index (χ1v) is 11.8. The number of sulfonamides is 1. The van der Waals surface area contributed by atoms with Gasteiger partial charge in [-0.05, 0) is 43.0 Å². The highest BCUT2D eigenvalue weighted by Gasteiger charge is 2.27. The number of benzene rings is 3. The molecule has 5 nitrogen and oxygen atoms in total. The van der Waals surface area contributed by atoms with E-state index in [4.69, 9.17) is 0 Å². The third kappa shape index (κ3) is 6.77. The molecular formula is C25H28N2O3S. The highest BCUT2D eigenvalue weighted by molar-refractivity contribution is 7.89. The third-order valence-corrected chi connectivity index (χ3v) is 6.82. The summed E-state index contributed by atoms with van der Waals surface area (Å²) in [6.45, 7) is 1.83. The van der Waals surface area contributed by atoms with Gasteiger partial charge in [-0.3, -0.25) is 4.79 Å². The topological polar surface area (TPSA) is 66.5 Å². The molecule has 3 aromatic carbocycles. The summed E-state index contributed by atoms with van der Waals surface area (Å²) in [5, 5.41) is 2.94. The molecule has 0 aromatic heterocycles. The Bertz CT molecular complexity index is 1060. The predicted molar refractivity (Wildman–Crippen MR) is 123 cm³/mol. The van der Waals surface area contributed by atoms with Crippen LogP contribution in [0.5, 0.6) is 0 Å². The molecular weight excluding hydrogens is 408 g/mol. The molecule has 1 N–H and O–H groups in total. The molecule has 31 heavy (non-hydrogen) atoms. The van der Waals surface area contributed by atoms with E-state index in [1.165, 1.54) is 9.87 Å². The lowest BCUT2D eigenvalue weighted by Crippen LogP contribution is -2.43. The van der Waals surface area contributed by atoms with Crippen molar-refractivity contribution in [3.8, 4) is 0 Å². The van der Waals surface area contributed by atoms with Gasteiger partial charge in [-0.15, -0.1) is 0 Å². The maximum absolute atomic E-state index is 13.2. The Morgan fingerprint density at radius 2 is 1.35 bits per heavy atom. The zero-order valence-electron chi connectivity index (χ0n) is 17.6. The molecule has 1 amide bonds. The van der Waals surface area contributed by atoms with Crippen molar-refractivity contribution in [1.29, 1.82) is 0 Å². The van der Waals surface area contributed by atoms with Gasteiger partial charge < -0.3 is 5.32 Å². The van der Waals surface area contributed by atoms with Gasteiger partial charge in [0, 0.05) is 12.6 Å². The SMILES string of the molecule is C[C@@H](CCc1ccccc1)NC(=O)CN(Cc1ccccc1)S(=O)(=O)c1ccccc1. The van der Waals surface area contributed by atoms with Gasteiger partial charge in [-0.25, -0.2) is 8.42 Å². The molecule has 3 rings (SSSR count). The molecule has 0 bridgehead atoms. The first-order valence-electron chi connectivity index (χ1n) is 10.4. The standard InChI is InChI=1S/C25H28N2O3S/c1-21(17-18-22-11-5-2-6-12-22)26-25(28)20-27(19-23-13-7-3-8-14-23)31(29,30)24-15-9-4-10-16-24/h2-16,21H,17-20H2,1H3,(H,26,28)/t21-/m0/s1. The van der Waals surface area contributed by atoms with Crippen LogP contribution < -0.4 is 5.32 Å². The monoisotopic (exact) mass is 436 g/mol. The molecule has 0 fully saturated rings. The van der Waals surface area contributed by atoms with Gasteiger partial charge in [0.2, 0.25) is 15.9 Å². The number of nitrogens with one attached hydrogen (secondary N) is 1. The van der Waals surface area contributed by atoms with Crippen molar-refractivity contribution in [2.45, 2.75) is 37.2 Å². The van der Waals surface area contributed by atoms with E-state index in [-0.39, 0.29) is 29.9 Å². The number of carbonyl (C=O) groups is 1. The quantitative estimate of drug-likeness (QED) is 0.522. The van der Waals surface area contributed by atoms with Gasteiger partial charge in [-0.1, -0.05) is 78.9 Å². The molecule has 0 radical (unpaired) electrons. The van der Waals surface area contributed by atoms with Crippen molar-refractivity contribution >= 4 is 15.9 Å². The summed E-state index contributed by atoms with van der Waals surface area (Å²) in [7, 11) is -3.81. The Kier molecular flexibility index (Phi) is 7.98. The Labute approximate surface area is 184 Å². The third-order valence-electron chi connectivity index (χ3n) is 5.02. The van der Waals surface area contributed by atoms with Crippen LogP contribution >= 0.6 is 0 Å². The zero-order chi connectivity index (χ0) is 22.1. The smallest absolute Gasteiger partial charge is 0.243 e. The number of rotatable bonds is 10. The summed E-state index contributed by atoms with van der Waals surface area (Å²) in [6.07, 6.45) is 1.62. The summed E-state index contributed by atoms with van der Waals surface area (Å²) in [5.41, 5.74) is 2.04. The Morgan fingerprint density at radius 3 is 1.94 bits per heavy atom. The molecule has 0 saturated heterocycles. The minimum absolute atomic E-state index is 0.0642. The number of aryl methyl sites for hydroxylation is 1. The van der Waals surface area contributed by atoms with Crippen molar-refractivity contribution in [2.75, 3.05) is 6.54 Å². The summed E-state index contributed by atoms with van der Waals surface area (Å²) in [4.78, 5) is 12.9. The minimum atomic E-state index is -3.81. The second-order valence-electron chi connectivity index (χ2n) is 7.56. The molecule has 162 valence electrons. The number of nitrogens with zero attached hydrogens (tertiary/aromatic N) is 1. The van der Waals surface area contributed by atoms with E-state index < -0.39 is 10.0 Å². The molecule has 3 aromatic rings. The number of carbonyl (C=O) groups excluding carboxylic acids is 1. The van der Waals surface area contributed by atoms with Gasteiger partial charge >= 0.3 is 0 Å². The molecule has 0 aliphatic carbocycles. The van der Waals surface area contributed by atoms with E-state index in [9.17, 15) is 13.2 Å². The van der Waals surface area contributed by atoms with Crippen molar-refractivity contribution in [2.24, 2.45) is 0 Å². The van der Waals surface area contributed by atoms with Crippen LogP contribution in [0.25, 0.3) is 0 Å². The van der Waals surface area contributed by atoms with Crippen LogP contribution in [0.3, 0.4) is 0 Å². The van der Waals surface area contributed by atoms with Crippen molar-refractivity contribution in [1.82, 2.24) is 9.62 Å². The summed E-state index contributed by atoms with van der Waals surface area (Å²) < 4.78 is 27.7. The molecule has 0 heterocycles. The van der Waals surface area contributed by atoms with Crippen LogP contribution in [-0.2, 0) is 27.8 Å². The molecule has 0 aliphatic heterocycles. The van der Waals surface area contributed by atoms with Crippen LogP contribution in [0.1, 0.15) is 24.5 Å². The fraction of sp³-hybridized carbons (Fsp3) is 0.240. The average molecular weight is 437 g/mol. The van der Waals surface area contributed by atoms with Crippen LogP contribution in [0.15, 0.2) is 95.9 Å². The Hall–Kier alpha value is -2.96. The van der Waals surface area contributed by atoms with Crippen LogP contribution in [0.4, 0.5) is 0 Å². The molecule has 6 heteroatoms. The number of hydrogen-bond donors (Lipinski definition) is 1. The van der Waals surface area contributed by atoms with Gasteiger partial charge in [-0.2, -0.15) is 4.31 Å². The minimum Gasteiger partial charge on any atom is -0.352 e. The van der Waals surface area contributed by atoms with Crippen molar-refractivity contribution in [3.05, 3.63) is 102 Å². The molecule has 1 atom stereocenters. The summed E-state index contributed by atoms with van der Waals surface area (Å²) in [6, 6.07) is 27.5. The molecule has 0 aliphatic rings. The summed E-state index contributed by atoms with van der Waals surface area (Å²) >= 11 is 0. The van der Waals surface area contributed by atoms with Crippen LogP contribution in [-0.4, -0.2) is 31.2 Å². The van der Waals surface area contributed by atoms with Crippen molar-refractivity contribution < 1.29 is 13.2 Å². The maximum atomic E-state index is 13.2. The first kappa shape index (κ1) is 22.7. The van der Waals surface area contributed by atoms with Gasteiger partial charge in [0.15, 0.2) is 0 Å². The normalized spacial score (nSPS) is 12.5. The lowest BCUT2D eigenvalue weighted by molar-refractivity contribution is -0.122. The van der Waals surface area contributed by atoms with Crippen molar-refractivity contribution in [3.63, 3.8) is 0 Å². The van der Waals surface area contributed by atoms with E-state index in [0.29, 0.717) is 0 Å². The van der Waals surface area contributed by atoms with E-state index in [1.54, 1.807) is 30.3 Å². The molecule has 0 saturated carbocycles. The largest absolute Gasteiger partial charge is 0.352 e. The lowest BCUT2D eigenvalue weighted by atomic mass is 10.1. The molecule has 0 unspecified atom stereocenters. The van der Waals surface area contributed by atoms with Crippen LogP contribution in [0.2, 0.25) is 0 Å². The lowest BCUT2D eigenvalue weighted by Gasteiger charge is -2.23. The molecule has 0 spiro atoms. The number of amides is 1. The maximum Gasteiger partial charge on any atom is 0.243 e. The second-order valence-corrected chi connectivity index (χ2v) is 9.50. The van der Waals surface area contributed by atoms with E-state index in [1.807, 2.05) is 55.5 Å². The first-order chi connectivity index (χ1) is 14.9. The van der Waals surface area contributed by atoms with Gasteiger partial charge in [0.1, 0.15) is 0 Å². The van der Waals surface area contributed by atoms with Crippen LogP contribution in [0, 0.1) is 0 Å². The van der Waals surface area contributed by atoms with E-state index in [0.717, 1.165) is 18.4 Å². The number of hydrogen-bond acceptors (Lipinski definition) is 3. The Balaban J connectivity index is 1.68.